The topological polar surface area (TPSA) is 60.4 Å². The molecular weight excluding hydrogens is 264 g/mol. The maximum Gasteiger partial charge on any atom is 0.297 e. The molecule has 5 heteroatoms. The predicted octanol–water partition coefficient (Wildman–Crippen LogP) is 3.17. The molecule has 1 aromatic rings. The summed E-state index contributed by atoms with van der Waals surface area (Å²) in [6.07, 6.45) is 1.89. The average molecular weight is 284 g/mol. The van der Waals surface area contributed by atoms with E-state index in [1.54, 1.807) is 13.8 Å². The van der Waals surface area contributed by atoms with Crippen LogP contribution >= 0.6 is 0 Å². The summed E-state index contributed by atoms with van der Waals surface area (Å²) >= 11 is 0. The van der Waals surface area contributed by atoms with E-state index in [1.165, 1.54) is 24.3 Å². The Bertz CT molecular complexity index is 515. The van der Waals surface area contributed by atoms with Gasteiger partial charge in [-0.1, -0.05) is 25.5 Å². The first-order valence-electron chi connectivity index (χ1n) is 6.43. The summed E-state index contributed by atoms with van der Waals surface area (Å²) in [5.41, 5.74) is 0.539. The van der Waals surface area contributed by atoms with Crippen LogP contribution in [0.25, 0.3) is 0 Å². The summed E-state index contributed by atoms with van der Waals surface area (Å²) in [6.45, 7) is 5.33. The molecule has 0 N–H and O–H groups in total. The van der Waals surface area contributed by atoms with Crippen LogP contribution in [0.3, 0.4) is 0 Å². The van der Waals surface area contributed by atoms with Crippen LogP contribution in [0.4, 0.5) is 0 Å². The number of Topliss-reactive ketones (excluding diaryl/α,β-unsaturated/α-hetero) is 1. The zero-order valence-electron chi connectivity index (χ0n) is 11.5. The van der Waals surface area contributed by atoms with E-state index in [-0.39, 0.29) is 10.7 Å². The molecule has 0 saturated heterocycles. The molecule has 0 amide bonds. The van der Waals surface area contributed by atoms with Gasteiger partial charge < -0.3 is 0 Å². The number of unbranched alkanes of at least 4 members (excludes halogenated alkanes) is 1. The Morgan fingerprint density at radius 2 is 1.79 bits per heavy atom. The normalized spacial score (nSPS) is 11.8. The molecule has 0 aliphatic carbocycles. The second kappa shape index (κ2) is 6.82. The van der Waals surface area contributed by atoms with Crippen molar-refractivity contribution in [3.63, 3.8) is 0 Å². The summed E-state index contributed by atoms with van der Waals surface area (Å²) in [5.74, 6) is 0.0376. The van der Waals surface area contributed by atoms with E-state index in [1.807, 2.05) is 6.92 Å². The van der Waals surface area contributed by atoms with Crippen LogP contribution in [-0.4, -0.2) is 20.3 Å². The smallest absolute Gasteiger partial charge is 0.294 e. The van der Waals surface area contributed by atoms with Crippen molar-refractivity contribution < 1.29 is 17.4 Å². The number of carbonyl (C=O) groups is 1. The molecule has 0 atom stereocenters. The van der Waals surface area contributed by atoms with Crippen molar-refractivity contribution >= 4 is 15.9 Å². The molecule has 0 aliphatic rings. The largest absolute Gasteiger partial charge is 0.297 e. The minimum Gasteiger partial charge on any atom is -0.294 e. The van der Waals surface area contributed by atoms with Crippen molar-refractivity contribution in [1.82, 2.24) is 0 Å². The molecule has 19 heavy (non-hydrogen) atoms. The van der Waals surface area contributed by atoms with Gasteiger partial charge in [0.2, 0.25) is 0 Å². The number of benzene rings is 1. The van der Waals surface area contributed by atoms with Crippen LogP contribution in [0.2, 0.25) is 0 Å². The van der Waals surface area contributed by atoms with Gasteiger partial charge in [-0.2, -0.15) is 8.42 Å². The molecule has 1 rings (SSSR count). The van der Waals surface area contributed by atoms with E-state index < -0.39 is 16.2 Å². The highest BCUT2D eigenvalue weighted by Gasteiger charge is 2.17. The first-order chi connectivity index (χ1) is 8.86. The monoisotopic (exact) mass is 284 g/mol. The number of hydrogen-bond acceptors (Lipinski definition) is 4. The van der Waals surface area contributed by atoms with Gasteiger partial charge in [0.25, 0.3) is 10.1 Å². The quantitative estimate of drug-likeness (QED) is 0.570. The van der Waals surface area contributed by atoms with Crippen LogP contribution in [0.15, 0.2) is 29.2 Å². The van der Waals surface area contributed by atoms with E-state index in [0.717, 1.165) is 12.8 Å². The summed E-state index contributed by atoms with van der Waals surface area (Å²) in [7, 11) is -3.73. The number of ketones is 1. The van der Waals surface area contributed by atoms with Crippen LogP contribution in [-0.2, 0) is 14.3 Å². The molecule has 0 saturated carbocycles. The molecule has 4 nitrogen and oxygen atoms in total. The Hall–Kier alpha value is -1.20. The molecule has 0 bridgehead atoms. The van der Waals surface area contributed by atoms with Crippen molar-refractivity contribution in [2.75, 3.05) is 0 Å². The van der Waals surface area contributed by atoms with Gasteiger partial charge >= 0.3 is 0 Å². The van der Waals surface area contributed by atoms with E-state index in [4.69, 9.17) is 4.18 Å². The van der Waals surface area contributed by atoms with Gasteiger partial charge in [0.1, 0.15) is 0 Å². The summed E-state index contributed by atoms with van der Waals surface area (Å²) in [6, 6.07) is 5.90. The highest BCUT2D eigenvalue weighted by Crippen LogP contribution is 2.16. The fraction of sp³-hybridized carbons (Fsp3) is 0.500. The molecule has 0 heterocycles. The Morgan fingerprint density at radius 3 is 2.26 bits per heavy atom. The van der Waals surface area contributed by atoms with Crippen molar-refractivity contribution in [1.29, 1.82) is 0 Å². The lowest BCUT2D eigenvalue weighted by atomic mass is 10.1. The van der Waals surface area contributed by atoms with E-state index >= 15 is 0 Å². The standard InChI is InChI=1S/C14H20O4S/c1-4-5-6-14(15)12-7-9-13(10-8-12)19(16,17)18-11(2)3/h7-11H,4-6H2,1-3H3. The molecule has 106 valence electrons. The zero-order valence-corrected chi connectivity index (χ0v) is 12.4. The third-order valence-corrected chi connectivity index (χ3v) is 4.03. The van der Waals surface area contributed by atoms with Crippen molar-refractivity contribution in [2.45, 2.75) is 51.0 Å². The minimum absolute atomic E-state index is 0.0376. The average Bonchev–Trinajstić information content (AvgIpc) is 2.34. The van der Waals surface area contributed by atoms with Crippen LogP contribution in [0.1, 0.15) is 50.4 Å². The fourth-order valence-corrected chi connectivity index (χ4v) is 2.69. The highest BCUT2D eigenvalue weighted by molar-refractivity contribution is 7.86. The highest BCUT2D eigenvalue weighted by atomic mass is 32.2. The number of carbonyl (C=O) groups excluding carboxylic acids is 1. The lowest BCUT2D eigenvalue weighted by molar-refractivity contribution is 0.0979. The van der Waals surface area contributed by atoms with Gasteiger partial charge in [-0.15, -0.1) is 0 Å². The Balaban J connectivity index is 2.85. The maximum atomic E-state index is 11.8. The van der Waals surface area contributed by atoms with E-state index in [0.29, 0.717) is 12.0 Å². The zero-order chi connectivity index (χ0) is 14.5. The van der Waals surface area contributed by atoms with Crippen LogP contribution in [0.5, 0.6) is 0 Å². The van der Waals surface area contributed by atoms with Gasteiger partial charge in [-0.3, -0.25) is 8.98 Å². The van der Waals surface area contributed by atoms with Gasteiger partial charge in [-0.25, -0.2) is 0 Å². The Labute approximate surface area is 114 Å². The van der Waals surface area contributed by atoms with Crippen molar-refractivity contribution in [3.8, 4) is 0 Å². The molecular formula is C14H20O4S. The second-order valence-corrected chi connectivity index (χ2v) is 6.22. The Morgan fingerprint density at radius 1 is 1.21 bits per heavy atom. The summed E-state index contributed by atoms with van der Waals surface area (Å²) in [4.78, 5) is 11.8. The van der Waals surface area contributed by atoms with Crippen molar-refractivity contribution in [3.05, 3.63) is 29.8 Å². The van der Waals surface area contributed by atoms with E-state index in [9.17, 15) is 13.2 Å². The van der Waals surface area contributed by atoms with Gasteiger partial charge in [-0.05, 0) is 32.4 Å². The first kappa shape index (κ1) is 15.9. The molecule has 0 fully saturated rings. The minimum atomic E-state index is -3.73. The number of hydrogen-bond donors (Lipinski definition) is 0. The molecule has 0 aliphatic heterocycles. The lowest BCUT2D eigenvalue weighted by Gasteiger charge is -2.08. The molecule has 0 aromatic heterocycles. The first-order valence-corrected chi connectivity index (χ1v) is 7.84. The van der Waals surface area contributed by atoms with Gasteiger partial charge in [0.05, 0.1) is 11.0 Å². The van der Waals surface area contributed by atoms with Crippen LogP contribution < -0.4 is 0 Å². The SMILES string of the molecule is CCCCC(=O)c1ccc(S(=O)(=O)OC(C)C)cc1. The van der Waals surface area contributed by atoms with Gasteiger partial charge in [0, 0.05) is 12.0 Å². The second-order valence-electron chi connectivity index (χ2n) is 4.65. The third-order valence-electron chi connectivity index (χ3n) is 2.54. The molecule has 0 unspecified atom stereocenters. The predicted molar refractivity (Wildman–Crippen MR) is 73.7 cm³/mol. The molecule has 1 aromatic carbocycles. The third kappa shape index (κ3) is 4.76. The van der Waals surface area contributed by atoms with Crippen molar-refractivity contribution in [2.24, 2.45) is 0 Å². The summed E-state index contributed by atoms with van der Waals surface area (Å²) < 4.78 is 28.5. The van der Waals surface area contributed by atoms with Gasteiger partial charge in [0.15, 0.2) is 5.78 Å². The van der Waals surface area contributed by atoms with Crippen LogP contribution in [0, 0.1) is 0 Å². The Kier molecular flexibility index (Phi) is 5.69. The summed E-state index contributed by atoms with van der Waals surface area (Å²) in [5, 5.41) is 0. The number of rotatable bonds is 7. The fourth-order valence-electron chi connectivity index (χ4n) is 1.60. The van der Waals surface area contributed by atoms with E-state index in [2.05, 4.69) is 0 Å². The molecule has 0 spiro atoms. The molecule has 0 radical (unpaired) electrons. The lowest BCUT2D eigenvalue weighted by Crippen LogP contribution is -2.12. The maximum absolute atomic E-state index is 11.8.